The van der Waals surface area contributed by atoms with Crippen LogP contribution in [-0.4, -0.2) is 17.6 Å². The Balaban J connectivity index is 0.000000861. The van der Waals surface area contributed by atoms with Crippen molar-refractivity contribution in [2.75, 3.05) is 6.61 Å². The van der Waals surface area contributed by atoms with Crippen molar-refractivity contribution in [3.05, 3.63) is 34.2 Å². The van der Waals surface area contributed by atoms with Gasteiger partial charge in [0.1, 0.15) is 5.69 Å². The average molecular weight is 286 g/mol. The minimum absolute atomic E-state index is 0.0370. The van der Waals surface area contributed by atoms with Crippen LogP contribution in [0, 0.1) is 12.7 Å². The molecule has 19 heavy (non-hydrogen) atoms. The van der Waals surface area contributed by atoms with E-state index >= 15 is 0 Å². The van der Waals surface area contributed by atoms with Crippen LogP contribution >= 0.6 is 11.6 Å². The average Bonchev–Trinajstić information content (AvgIpc) is 2.75. The normalized spacial score (nSPS) is 10.0. The fraction of sp³-hybridized carbons (Fsp3) is 0.357. The number of ether oxygens (including phenoxy) is 1. The summed E-state index contributed by atoms with van der Waals surface area (Å²) in [5.41, 5.74) is 1.31. The number of carbonyl (C=O) groups is 1. The van der Waals surface area contributed by atoms with Crippen LogP contribution in [0.2, 0.25) is 5.02 Å². The molecule has 0 unspecified atom stereocenters. The Kier molecular flexibility index (Phi) is 5.36. The second kappa shape index (κ2) is 6.57. The number of H-pyrrole nitrogens is 1. The summed E-state index contributed by atoms with van der Waals surface area (Å²) in [6.07, 6.45) is 0. The number of rotatable bonds is 2. The molecule has 0 aliphatic rings. The first-order valence-corrected chi connectivity index (χ1v) is 6.57. The zero-order chi connectivity index (χ0) is 14.6. The molecule has 0 saturated carbocycles. The molecule has 104 valence electrons. The summed E-state index contributed by atoms with van der Waals surface area (Å²) >= 11 is 5.70. The highest BCUT2D eigenvalue weighted by molar-refractivity contribution is 6.31. The van der Waals surface area contributed by atoms with E-state index in [2.05, 4.69) is 4.98 Å². The lowest BCUT2D eigenvalue weighted by Crippen LogP contribution is -2.06. The van der Waals surface area contributed by atoms with Gasteiger partial charge in [-0.2, -0.15) is 0 Å². The molecular formula is C14H17ClFNO2. The predicted octanol–water partition coefficient (Wildman–Crippen LogP) is 4.47. The predicted molar refractivity (Wildman–Crippen MR) is 75.3 cm³/mol. The van der Waals surface area contributed by atoms with Crippen LogP contribution in [0.15, 0.2) is 12.1 Å². The molecule has 0 amide bonds. The molecule has 0 radical (unpaired) electrons. The lowest BCUT2D eigenvalue weighted by molar-refractivity contribution is 0.0520. The van der Waals surface area contributed by atoms with Gasteiger partial charge in [0.05, 0.1) is 11.6 Å². The number of esters is 1. The number of hydrogen-bond acceptors (Lipinski definition) is 2. The molecule has 2 aromatic rings. The molecular weight excluding hydrogens is 269 g/mol. The molecule has 1 aromatic carbocycles. The first-order chi connectivity index (χ1) is 9.06. The van der Waals surface area contributed by atoms with E-state index in [9.17, 15) is 9.18 Å². The van der Waals surface area contributed by atoms with Crippen LogP contribution in [0.3, 0.4) is 0 Å². The Labute approximate surface area is 116 Å². The van der Waals surface area contributed by atoms with Crippen LogP contribution in [0.5, 0.6) is 0 Å². The third-order valence-corrected chi connectivity index (χ3v) is 2.88. The number of halogens is 2. The molecule has 0 aliphatic heterocycles. The van der Waals surface area contributed by atoms with E-state index in [1.54, 1.807) is 19.9 Å². The first kappa shape index (κ1) is 15.5. The highest BCUT2D eigenvalue weighted by atomic mass is 35.5. The maximum atomic E-state index is 13.8. The zero-order valence-corrected chi connectivity index (χ0v) is 12.2. The molecule has 0 saturated heterocycles. The number of carbonyl (C=O) groups excluding carboxylic acids is 1. The summed E-state index contributed by atoms with van der Waals surface area (Å²) in [5, 5.41) is 0.371. The van der Waals surface area contributed by atoms with Crippen LogP contribution in [-0.2, 0) is 4.74 Å². The fourth-order valence-electron chi connectivity index (χ4n) is 1.78. The van der Waals surface area contributed by atoms with E-state index in [0.29, 0.717) is 16.5 Å². The lowest BCUT2D eigenvalue weighted by Gasteiger charge is -2.00. The van der Waals surface area contributed by atoms with Crippen LogP contribution in [0.1, 0.15) is 36.8 Å². The van der Waals surface area contributed by atoms with Crippen molar-refractivity contribution in [2.45, 2.75) is 27.7 Å². The van der Waals surface area contributed by atoms with Crippen molar-refractivity contribution in [3.63, 3.8) is 0 Å². The van der Waals surface area contributed by atoms with Gasteiger partial charge in [-0.15, -0.1) is 0 Å². The quantitative estimate of drug-likeness (QED) is 0.827. The second-order valence-corrected chi connectivity index (χ2v) is 4.04. The molecule has 0 atom stereocenters. The highest BCUT2D eigenvalue weighted by Crippen LogP contribution is 2.29. The van der Waals surface area contributed by atoms with Crippen LogP contribution < -0.4 is 0 Å². The van der Waals surface area contributed by atoms with E-state index in [0.717, 1.165) is 0 Å². The van der Waals surface area contributed by atoms with Gasteiger partial charge in [-0.05, 0) is 31.5 Å². The number of hydrogen-bond donors (Lipinski definition) is 1. The maximum absolute atomic E-state index is 13.8. The van der Waals surface area contributed by atoms with Gasteiger partial charge < -0.3 is 9.72 Å². The largest absolute Gasteiger partial charge is 0.461 e. The summed E-state index contributed by atoms with van der Waals surface area (Å²) < 4.78 is 18.7. The van der Waals surface area contributed by atoms with Gasteiger partial charge in [-0.25, -0.2) is 9.18 Å². The number of fused-ring (bicyclic) bond motifs is 1. The van der Waals surface area contributed by atoms with Gasteiger partial charge >= 0.3 is 5.97 Å². The number of nitrogens with one attached hydrogen (secondary N) is 1. The Hall–Kier alpha value is -1.55. The molecule has 0 spiro atoms. The summed E-state index contributed by atoms with van der Waals surface area (Å²) in [4.78, 5) is 14.5. The van der Waals surface area contributed by atoms with E-state index in [-0.39, 0.29) is 17.3 Å². The van der Waals surface area contributed by atoms with Crippen LogP contribution in [0.4, 0.5) is 4.39 Å². The van der Waals surface area contributed by atoms with Gasteiger partial charge in [0.15, 0.2) is 5.82 Å². The fourth-order valence-corrected chi connectivity index (χ4v) is 1.94. The Morgan fingerprint density at radius 2 is 2.05 bits per heavy atom. The molecule has 0 bridgehead atoms. The van der Waals surface area contributed by atoms with Crippen molar-refractivity contribution < 1.29 is 13.9 Å². The minimum Gasteiger partial charge on any atom is -0.461 e. The SMILES string of the molecule is CC.CCOC(=O)c1[nH]c2ccc(Cl)c(F)c2c1C. The third-order valence-electron chi connectivity index (χ3n) is 2.58. The maximum Gasteiger partial charge on any atom is 0.355 e. The standard InChI is InChI=1S/C12H11ClFNO2.C2H6/c1-3-17-12(16)11-6(2)9-8(15-11)5-4-7(13)10(9)14;1-2/h4-5,15H,3H2,1-2H3;1-2H3. The van der Waals surface area contributed by atoms with Gasteiger partial charge in [0, 0.05) is 10.9 Å². The molecule has 5 heteroatoms. The van der Waals surface area contributed by atoms with Crippen molar-refractivity contribution >= 4 is 28.5 Å². The lowest BCUT2D eigenvalue weighted by atomic mass is 10.1. The molecule has 1 aromatic heterocycles. The van der Waals surface area contributed by atoms with Gasteiger partial charge in [-0.3, -0.25) is 0 Å². The Morgan fingerprint density at radius 3 is 2.63 bits per heavy atom. The summed E-state index contributed by atoms with van der Waals surface area (Å²) in [7, 11) is 0. The van der Waals surface area contributed by atoms with Crippen LogP contribution in [0.25, 0.3) is 10.9 Å². The molecule has 1 heterocycles. The highest BCUT2D eigenvalue weighted by Gasteiger charge is 2.19. The summed E-state index contributed by atoms with van der Waals surface area (Å²) in [5.74, 6) is -1.01. The molecule has 0 fully saturated rings. The van der Waals surface area contributed by atoms with Crippen molar-refractivity contribution in [2.24, 2.45) is 0 Å². The Morgan fingerprint density at radius 1 is 1.42 bits per heavy atom. The number of benzene rings is 1. The zero-order valence-electron chi connectivity index (χ0n) is 11.4. The van der Waals surface area contributed by atoms with E-state index in [1.807, 2.05) is 13.8 Å². The van der Waals surface area contributed by atoms with Crippen molar-refractivity contribution in [1.82, 2.24) is 4.98 Å². The van der Waals surface area contributed by atoms with Gasteiger partial charge in [0.2, 0.25) is 0 Å². The summed E-state index contributed by atoms with van der Waals surface area (Å²) in [6.45, 7) is 7.65. The van der Waals surface area contributed by atoms with Crippen molar-refractivity contribution in [3.8, 4) is 0 Å². The molecule has 3 nitrogen and oxygen atoms in total. The van der Waals surface area contributed by atoms with Crippen molar-refractivity contribution in [1.29, 1.82) is 0 Å². The third kappa shape index (κ3) is 2.89. The van der Waals surface area contributed by atoms with E-state index in [1.165, 1.54) is 6.07 Å². The van der Waals surface area contributed by atoms with Gasteiger partial charge in [-0.1, -0.05) is 25.4 Å². The number of aromatic amines is 1. The van der Waals surface area contributed by atoms with Gasteiger partial charge in [0.25, 0.3) is 0 Å². The molecule has 0 aliphatic carbocycles. The number of aromatic nitrogens is 1. The minimum atomic E-state index is -0.520. The monoisotopic (exact) mass is 285 g/mol. The molecule has 2 rings (SSSR count). The topological polar surface area (TPSA) is 42.1 Å². The molecule has 1 N–H and O–H groups in total. The summed E-state index contributed by atoms with van der Waals surface area (Å²) in [6, 6.07) is 3.08. The van der Waals surface area contributed by atoms with E-state index < -0.39 is 11.8 Å². The smallest absolute Gasteiger partial charge is 0.355 e. The Bertz CT molecular complexity index is 593. The first-order valence-electron chi connectivity index (χ1n) is 6.19. The second-order valence-electron chi connectivity index (χ2n) is 3.63. The van der Waals surface area contributed by atoms with E-state index in [4.69, 9.17) is 16.3 Å². The number of aryl methyl sites for hydroxylation is 1.